The summed E-state index contributed by atoms with van der Waals surface area (Å²) < 4.78 is 4.94. The summed E-state index contributed by atoms with van der Waals surface area (Å²) in [5, 5.41) is 11.1. The van der Waals surface area contributed by atoms with Gasteiger partial charge in [0.05, 0.1) is 36.8 Å². The number of rotatable bonds is 5. The summed E-state index contributed by atoms with van der Waals surface area (Å²) in [5.74, 6) is -0.190. The topological polar surface area (TPSA) is 73.0 Å². The molecule has 0 saturated carbocycles. The first-order valence-corrected chi connectivity index (χ1v) is 6.55. The second-order valence-corrected chi connectivity index (χ2v) is 4.53. The first-order valence-electron chi connectivity index (χ1n) is 6.55. The molecule has 6 nitrogen and oxygen atoms in total. The summed E-state index contributed by atoms with van der Waals surface area (Å²) in [5.41, 5.74) is 1.48. The maximum absolute atomic E-state index is 12.2. The highest BCUT2D eigenvalue weighted by Gasteiger charge is 2.17. The van der Waals surface area contributed by atoms with E-state index in [1.807, 2.05) is 30.3 Å². The number of nitrogens with zero attached hydrogens (tertiary/aromatic N) is 3. The van der Waals surface area contributed by atoms with Crippen molar-refractivity contribution in [2.45, 2.75) is 12.6 Å². The molecule has 3 aromatic rings. The molecule has 106 valence electrons. The first-order chi connectivity index (χ1) is 10.3. The molecule has 6 heteroatoms. The lowest BCUT2D eigenvalue weighted by atomic mass is 10.1. The number of hydrogen-bond donors (Lipinski definition) is 1. The van der Waals surface area contributed by atoms with Crippen LogP contribution in [0.25, 0.3) is 0 Å². The van der Waals surface area contributed by atoms with E-state index in [1.54, 1.807) is 23.3 Å². The molecule has 0 aliphatic rings. The van der Waals surface area contributed by atoms with Crippen LogP contribution in [0.4, 0.5) is 0 Å². The normalized spacial score (nSPS) is 12.0. The Balaban J connectivity index is 1.80. The molecule has 1 aromatic carbocycles. The molecule has 0 fully saturated rings. The second-order valence-electron chi connectivity index (χ2n) is 4.53. The van der Waals surface area contributed by atoms with Crippen LogP contribution in [0, 0.1) is 0 Å². The average molecular weight is 282 g/mol. The zero-order valence-corrected chi connectivity index (χ0v) is 11.2. The van der Waals surface area contributed by atoms with Crippen molar-refractivity contribution in [2.75, 3.05) is 0 Å². The van der Waals surface area contributed by atoms with Gasteiger partial charge in [0.25, 0.3) is 5.91 Å². The molecule has 1 amide bonds. The van der Waals surface area contributed by atoms with Gasteiger partial charge in [-0.3, -0.25) is 4.79 Å². The quantitative estimate of drug-likeness (QED) is 0.777. The Morgan fingerprint density at radius 1 is 1.19 bits per heavy atom. The maximum Gasteiger partial charge on any atom is 0.255 e. The molecule has 0 unspecified atom stereocenters. The predicted octanol–water partition coefficient (Wildman–Crippen LogP) is 2.04. The zero-order chi connectivity index (χ0) is 14.5. The van der Waals surface area contributed by atoms with E-state index in [9.17, 15) is 4.79 Å². The summed E-state index contributed by atoms with van der Waals surface area (Å²) in [7, 11) is 0. The largest absolute Gasteiger partial charge is 0.472 e. The summed E-state index contributed by atoms with van der Waals surface area (Å²) in [6.07, 6.45) is 6.12. The highest BCUT2D eigenvalue weighted by atomic mass is 16.3. The van der Waals surface area contributed by atoms with Gasteiger partial charge in [0.2, 0.25) is 0 Å². The lowest BCUT2D eigenvalue weighted by Crippen LogP contribution is -2.31. The molecule has 0 radical (unpaired) electrons. The van der Waals surface area contributed by atoms with E-state index in [0.717, 1.165) is 5.56 Å². The van der Waals surface area contributed by atoms with Crippen LogP contribution in [0.3, 0.4) is 0 Å². The number of carbonyl (C=O) groups is 1. The molecular formula is C15H14N4O2. The number of aromatic nitrogens is 3. The highest BCUT2D eigenvalue weighted by molar-refractivity contribution is 5.94. The minimum atomic E-state index is -0.221. The fourth-order valence-corrected chi connectivity index (χ4v) is 2.06. The van der Waals surface area contributed by atoms with E-state index in [1.165, 1.54) is 12.5 Å². The van der Waals surface area contributed by atoms with Gasteiger partial charge in [0, 0.05) is 0 Å². The maximum atomic E-state index is 12.2. The lowest BCUT2D eigenvalue weighted by Gasteiger charge is -2.18. The summed E-state index contributed by atoms with van der Waals surface area (Å²) in [4.78, 5) is 13.7. The first kappa shape index (κ1) is 13.1. The fourth-order valence-electron chi connectivity index (χ4n) is 2.06. The monoisotopic (exact) mass is 282 g/mol. The lowest BCUT2D eigenvalue weighted by molar-refractivity contribution is 0.0930. The smallest absolute Gasteiger partial charge is 0.255 e. The molecule has 0 saturated heterocycles. The minimum absolute atomic E-state index is 0.190. The van der Waals surface area contributed by atoms with E-state index in [4.69, 9.17) is 4.42 Å². The van der Waals surface area contributed by atoms with Crippen molar-refractivity contribution in [1.29, 1.82) is 0 Å². The zero-order valence-electron chi connectivity index (χ0n) is 11.2. The van der Waals surface area contributed by atoms with Crippen molar-refractivity contribution in [3.63, 3.8) is 0 Å². The van der Waals surface area contributed by atoms with Gasteiger partial charge in [-0.1, -0.05) is 30.3 Å². The van der Waals surface area contributed by atoms with Crippen LogP contribution in [0.15, 0.2) is 65.7 Å². The third-order valence-corrected chi connectivity index (χ3v) is 3.10. The Labute approximate surface area is 121 Å². The van der Waals surface area contributed by atoms with Gasteiger partial charge in [0.1, 0.15) is 6.26 Å². The van der Waals surface area contributed by atoms with Gasteiger partial charge in [-0.2, -0.15) is 15.0 Å². The molecule has 1 N–H and O–H groups in total. The van der Waals surface area contributed by atoms with E-state index >= 15 is 0 Å². The van der Waals surface area contributed by atoms with Gasteiger partial charge in [-0.15, -0.1) is 0 Å². The molecule has 0 aliphatic carbocycles. The SMILES string of the molecule is O=C(N[C@@H](Cn1nccn1)c1ccccc1)c1ccoc1. The van der Waals surface area contributed by atoms with Crippen LogP contribution in [0.2, 0.25) is 0 Å². The Hall–Kier alpha value is -2.89. The van der Waals surface area contributed by atoms with Crippen LogP contribution in [-0.2, 0) is 6.54 Å². The summed E-state index contributed by atoms with van der Waals surface area (Å²) in [6.45, 7) is 0.459. The van der Waals surface area contributed by atoms with Crippen LogP contribution in [0.5, 0.6) is 0 Å². The average Bonchev–Trinajstić information content (AvgIpc) is 3.21. The Morgan fingerprint density at radius 2 is 1.95 bits per heavy atom. The van der Waals surface area contributed by atoms with Gasteiger partial charge in [-0.25, -0.2) is 0 Å². The molecular weight excluding hydrogens is 268 g/mol. The Morgan fingerprint density at radius 3 is 2.62 bits per heavy atom. The number of nitrogens with one attached hydrogen (secondary N) is 1. The molecule has 21 heavy (non-hydrogen) atoms. The van der Waals surface area contributed by atoms with Crippen molar-refractivity contribution < 1.29 is 9.21 Å². The van der Waals surface area contributed by atoms with Crippen LogP contribution in [0.1, 0.15) is 22.0 Å². The predicted molar refractivity (Wildman–Crippen MR) is 75.4 cm³/mol. The second kappa shape index (κ2) is 6.04. The van der Waals surface area contributed by atoms with E-state index in [0.29, 0.717) is 12.1 Å². The van der Waals surface area contributed by atoms with Crippen molar-refractivity contribution >= 4 is 5.91 Å². The van der Waals surface area contributed by atoms with Crippen molar-refractivity contribution in [2.24, 2.45) is 0 Å². The van der Waals surface area contributed by atoms with Gasteiger partial charge < -0.3 is 9.73 Å². The molecule has 0 spiro atoms. The molecule has 1 atom stereocenters. The standard InChI is InChI=1S/C15H14N4O2/c20-15(13-6-9-21-11-13)18-14(10-19-16-7-8-17-19)12-4-2-1-3-5-12/h1-9,11,14H,10H2,(H,18,20)/t14-/m0/s1. The van der Waals surface area contributed by atoms with Gasteiger partial charge >= 0.3 is 0 Å². The minimum Gasteiger partial charge on any atom is -0.472 e. The molecule has 3 rings (SSSR count). The van der Waals surface area contributed by atoms with Gasteiger partial charge in [0.15, 0.2) is 0 Å². The molecule has 2 heterocycles. The van der Waals surface area contributed by atoms with E-state index in [2.05, 4.69) is 15.5 Å². The van der Waals surface area contributed by atoms with E-state index in [-0.39, 0.29) is 11.9 Å². The molecule has 0 bridgehead atoms. The molecule has 0 aliphatic heterocycles. The Kier molecular flexibility index (Phi) is 3.77. The third kappa shape index (κ3) is 3.17. The Bertz CT molecular complexity index is 678. The van der Waals surface area contributed by atoms with E-state index < -0.39 is 0 Å². The van der Waals surface area contributed by atoms with Crippen LogP contribution >= 0.6 is 0 Å². The molecule has 2 aromatic heterocycles. The number of carbonyl (C=O) groups excluding carboxylic acids is 1. The van der Waals surface area contributed by atoms with Crippen LogP contribution in [-0.4, -0.2) is 20.9 Å². The third-order valence-electron chi connectivity index (χ3n) is 3.10. The number of benzene rings is 1. The summed E-state index contributed by atoms with van der Waals surface area (Å²) in [6, 6.07) is 11.1. The fraction of sp³-hybridized carbons (Fsp3) is 0.133. The van der Waals surface area contributed by atoms with Crippen molar-refractivity contribution in [3.8, 4) is 0 Å². The number of amides is 1. The van der Waals surface area contributed by atoms with Crippen molar-refractivity contribution in [1.82, 2.24) is 20.3 Å². The summed E-state index contributed by atoms with van der Waals surface area (Å²) >= 11 is 0. The van der Waals surface area contributed by atoms with Crippen molar-refractivity contribution in [3.05, 3.63) is 72.4 Å². The highest BCUT2D eigenvalue weighted by Crippen LogP contribution is 2.15. The number of furan rings is 1. The van der Waals surface area contributed by atoms with Gasteiger partial charge in [-0.05, 0) is 11.6 Å². The number of hydrogen-bond acceptors (Lipinski definition) is 4. The van der Waals surface area contributed by atoms with Crippen LogP contribution < -0.4 is 5.32 Å².